The minimum absolute atomic E-state index is 0.283. The zero-order valence-electron chi connectivity index (χ0n) is 16.7. The van der Waals surface area contributed by atoms with Crippen molar-refractivity contribution in [2.45, 2.75) is 33.4 Å². The minimum atomic E-state index is -4.75. The number of halogens is 3. The fourth-order valence-electron chi connectivity index (χ4n) is 2.64. The van der Waals surface area contributed by atoms with Gasteiger partial charge in [-0.15, -0.1) is 0 Å². The van der Waals surface area contributed by atoms with Crippen LogP contribution >= 0.6 is 0 Å². The fraction of sp³-hybridized carbons (Fsp3) is 0.273. The summed E-state index contributed by atoms with van der Waals surface area (Å²) in [5.41, 5.74) is 0.507. The number of methoxy groups -OCH3 is 1. The molecule has 0 N–H and O–H groups in total. The van der Waals surface area contributed by atoms with Gasteiger partial charge < -0.3 is 9.47 Å². The Morgan fingerprint density at radius 1 is 1.14 bits per heavy atom. The molecule has 1 heterocycles. The Hall–Kier alpha value is -3.09. The Kier molecular flexibility index (Phi) is 7.59. The number of aliphatic imine (C=N–C) groups is 1. The molecule has 1 aromatic carbocycles. The third-order valence-corrected chi connectivity index (χ3v) is 3.92. The van der Waals surface area contributed by atoms with Crippen LogP contribution in [0.15, 0.2) is 76.9 Å². The lowest BCUT2D eigenvalue weighted by Crippen LogP contribution is -2.20. The molecule has 2 rings (SSSR count). The second-order valence-corrected chi connectivity index (χ2v) is 6.14. The van der Waals surface area contributed by atoms with Gasteiger partial charge in [-0.3, -0.25) is 4.98 Å². The average molecular weight is 404 g/mol. The Balaban J connectivity index is 2.62. The quantitative estimate of drug-likeness (QED) is 0.323. The molecule has 0 radical (unpaired) electrons. The van der Waals surface area contributed by atoms with E-state index in [4.69, 9.17) is 9.47 Å². The molecule has 0 atom stereocenters. The molecule has 0 amide bonds. The summed E-state index contributed by atoms with van der Waals surface area (Å²) < 4.78 is 52.7. The molecule has 0 aliphatic heterocycles. The van der Waals surface area contributed by atoms with Crippen LogP contribution in [0.25, 0.3) is 0 Å². The first-order valence-electron chi connectivity index (χ1n) is 9.04. The third kappa shape index (κ3) is 5.94. The van der Waals surface area contributed by atoms with E-state index < -0.39 is 17.6 Å². The topological polar surface area (TPSA) is 43.7 Å². The van der Waals surface area contributed by atoms with Crippen LogP contribution in [0.5, 0.6) is 5.75 Å². The summed E-state index contributed by atoms with van der Waals surface area (Å²) in [7, 11) is 1.15. The summed E-state index contributed by atoms with van der Waals surface area (Å²) in [5, 5.41) is 0. The molecular formula is C22H23F3N2O2. The SMILES string of the molecule is CC/C=C(Oc1ccccc1)/C(=C(\N=C(C)c1ncccc1C)OC)C(F)(F)F. The van der Waals surface area contributed by atoms with E-state index >= 15 is 0 Å². The van der Waals surface area contributed by atoms with Crippen molar-refractivity contribution < 1.29 is 22.6 Å². The van der Waals surface area contributed by atoms with Crippen molar-refractivity contribution in [3.05, 3.63) is 83.2 Å². The molecule has 0 saturated heterocycles. The first-order chi connectivity index (χ1) is 13.8. The van der Waals surface area contributed by atoms with Gasteiger partial charge in [0.15, 0.2) is 5.57 Å². The zero-order valence-corrected chi connectivity index (χ0v) is 16.7. The average Bonchev–Trinajstić information content (AvgIpc) is 2.67. The number of ether oxygens (including phenoxy) is 2. The highest BCUT2D eigenvalue weighted by Gasteiger charge is 2.41. The molecular weight excluding hydrogens is 381 g/mol. The summed E-state index contributed by atoms with van der Waals surface area (Å²) in [4.78, 5) is 8.31. The molecule has 0 unspecified atom stereocenters. The van der Waals surface area contributed by atoms with Crippen molar-refractivity contribution in [3.8, 4) is 5.75 Å². The van der Waals surface area contributed by atoms with E-state index in [0.29, 0.717) is 17.8 Å². The van der Waals surface area contributed by atoms with Crippen molar-refractivity contribution >= 4 is 5.71 Å². The standard InChI is InChI=1S/C22H23F3N2O2/c1-5-10-18(29-17-12-7-6-8-13-17)19(22(23,24)25)21(28-4)27-16(3)20-15(2)11-9-14-26-20/h6-14H,5H2,1-4H3/b18-10-,21-19-,27-16?. The van der Waals surface area contributed by atoms with E-state index in [9.17, 15) is 13.2 Å². The molecule has 154 valence electrons. The maximum atomic E-state index is 14.0. The van der Waals surface area contributed by atoms with Gasteiger partial charge in [-0.25, -0.2) is 4.99 Å². The Morgan fingerprint density at radius 3 is 2.38 bits per heavy atom. The van der Waals surface area contributed by atoms with E-state index in [0.717, 1.165) is 12.7 Å². The molecule has 0 spiro atoms. The molecule has 0 aliphatic rings. The molecule has 7 heteroatoms. The number of hydrogen-bond acceptors (Lipinski definition) is 4. The van der Waals surface area contributed by atoms with E-state index in [1.165, 1.54) is 6.08 Å². The molecule has 4 nitrogen and oxygen atoms in total. The summed E-state index contributed by atoms with van der Waals surface area (Å²) >= 11 is 0. The maximum absolute atomic E-state index is 14.0. The zero-order chi connectivity index (χ0) is 21.4. The van der Waals surface area contributed by atoms with Crippen LogP contribution < -0.4 is 4.74 Å². The minimum Gasteiger partial charge on any atom is -0.480 e. The predicted octanol–water partition coefficient (Wildman–Crippen LogP) is 5.99. The number of rotatable bonds is 7. The van der Waals surface area contributed by atoms with Gasteiger partial charge in [0.2, 0.25) is 5.88 Å². The van der Waals surface area contributed by atoms with Gasteiger partial charge in [-0.1, -0.05) is 31.2 Å². The predicted molar refractivity (Wildman–Crippen MR) is 107 cm³/mol. The van der Waals surface area contributed by atoms with Crippen LogP contribution in [0.2, 0.25) is 0 Å². The number of benzene rings is 1. The summed E-state index contributed by atoms with van der Waals surface area (Å²) in [6.45, 7) is 5.12. The first kappa shape index (κ1) is 22.2. The number of aromatic nitrogens is 1. The number of aryl methyl sites for hydroxylation is 1. The number of allylic oxidation sites excluding steroid dienone is 2. The highest BCUT2D eigenvalue weighted by Crippen LogP contribution is 2.36. The second kappa shape index (κ2) is 9.91. The molecule has 2 aromatic rings. The van der Waals surface area contributed by atoms with Gasteiger partial charge in [0, 0.05) is 6.20 Å². The van der Waals surface area contributed by atoms with Gasteiger partial charge in [-0.2, -0.15) is 13.2 Å². The number of nitrogens with zero attached hydrogens (tertiary/aromatic N) is 2. The smallest absolute Gasteiger partial charge is 0.425 e. The van der Waals surface area contributed by atoms with Crippen LogP contribution in [0.1, 0.15) is 31.5 Å². The van der Waals surface area contributed by atoms with E-state index in [1.807, 2.05) is 13.0 Å². The van der Waals surface area contributed by atoms with Crippen LogP contribution in [0.3, 0.4) is 0 Å². The number of alkyl halides is 3. The van der Waals surface area contributed by atoms with E-state index in [1.54, 1.807) is 56.4 Å². The van der Waals surface area contributed by atoms with Gasteiger partial charge >= 0.3 is 6.18 Å². The summed E-state index contributed by atoms with van der Waals surface area (Å²) in [6.07, 6.45) is -1.50. The number of para-hydroxylation sites is 1. The molecule has 0 bridgehead atoms. The second-order valence-electron chi connectivity index (χ2n) is 6.14. The molecule has 0 saturated carbocycles. The van der Waals surface area contributed by atoms with Crippen LogP contribution in [-0.4, -0.2) is 24.0 Å². The lowest BCUT2D eigenvalue weighted by atomic mass is 10.1. The number of pyridine rings is 1. The van der Waals surface area contributed by atoms with Crippen molar-refractivity contribution in [1.82, 2.24) is 4.98 Å². The molecule has 0 aliphatic carbocycles. The Bertz CT molecular complexity index is 917. The van der Waals surface area contributed by atoms with E-state index in [2.05, 4.69) is 9.98 Å². The van der Waals surface area contributed by atoms with Gasteiger partial charge in [-0.05, 0) is 50.1 Å². The highest BCUT2D eigenvalue weighted by molar-refractivity contribution is 5.98. The third-order valence-electron chi connectivity index (χ3n) is 3.92. The molecule has 1 aromatic heterocycles. The van der Waals surface area contributed by atoms with Crippen LogP contribution in [0.4, 0.5) is 13.2 Å². The van der Waals surface area contributed by atoms with Crippen molar-refractivity contribution in [2.75, 3.05) is 7.11 Å². The Morgan fingerprint density at radius 2 is 1.83 bits per heavy atom. The lowest BCUT2D eigenvalue weighted by Gasteiger charge is -2.18. The van der Waals surface area contributed by atoms with Crippen molar-refractivity contribution in [3.63, 3.8) is 0 Å². The Labute approximate surface area is 168 Å². The van der Waals surface area contributed by atoms with Gasteiger partial charge in [0.1, 0.15) is 11.5 Å². The normalized spacial score (nSPS) is 13.8. The highest BCUT2D eigenvalue weighted by atomic mass is 19.4. The van der Waals surface area contributed by atoms with E-state index in [-0.39, 0.29) is 11.5 Å². The summed E-state index contributed by atoms with van der Waals surface area (Å²) in [5.74, 6) is -0.668. The molecule has 29 heavy (non-hydrogen) atoms. The maximum Gasteiger partial charge on any atom is 0.425 e. The number of hydrogen-bond donors (Lipinski definition) is 0. The monoisotopic (exact) mass is 404 g/mol. The molecule has 0 fully saturated rings. The lowest BCUT2D eigenvalue weighted by molar-refractivity contribution is -0.0953. The van der Waals surface area contributed by atoms with Crippen molar-refractivity contribution in [1.29, 1.82) is 0 Å². The fourth-order valence-corrected chi connectivity index (χ4v) is 2.64. The summed E-state index contributed by atoms with van der Waals surface area (Å²) in [6, 6.07) is 11.8. The van der Waals surface area contributed by atoms with Gasteiger partial charge in [0.05, 0.1) is 18.5 Å². The van der Waals surface area contributed by atoms with Gasteiger partial charge in [0.25, 0.3) is 0 Å². The van der Waals surface area contributed by atoms with Crippen LogP contribution in [-0.2, 0) is 4.74 Å². The largest absolute Gasteiger partial charge is 0.480 e. The van der Waals surface area contributed by atoms with Crippen molar-refractivity contribution in [2.24, 2.45) is 4.99 Å². The first-order valence-corrected chi connectivity index (χ1v) is 9.04. The van der Waals surface area contributed by atoms with Crippen LogP contribution in [0, 0.1) is 6.92 Å².